The maximum Gasteiger partial charge on any atom is 0.0118 e. The SMILES string of the molecule is CCCCCC1=Cc2c(CCCC)cccc2C1C(C)(C)C1C(CCCCC)=Cc2c(CCCC)cccc21. The van der Waals surface area contributed by atoms with Gasteiger partial charge in [-0.05, 0) is 90.2 Å². The molecule has 0 amide bonds. The molecule has 0 heteroatoms. The van der Waals surface area contributed by atoms with Crippen molar-refractivity contribution in [3.8, 4) is 0 Å². The molecule has 2 aliphatic rings. The van der Waals surface area contributed by atoms with Crippen molar-refractivity contribution in [1.29, 1.82) is 0 Å². The first-order valence-electron chi connectivity index (χ1n) is 16.6. The Morgan fingerprint density at radius 2 is 0.923 bits per heavy atom. The van der Waals surface area contributed by atoms with Crippen LogP contribution in [0.25, 0.3) is 12.2 Å². The van der Waals surface area contributed by atoms with E-state index < -0.39 is 0 Å². The number of unbranched alkanes of at least 4 members (excludes halogenated alkanes) is 6. The fraction of sp³-hybridized carbons (Fsp3) is 0.590. The molecule has 39 heavy (non-hydrogen) atoms. The maximum absolute atomic E-state index is 2.65. The maximum atomic E-state index is 2.65. The minimum atomic E-state index is 0.124. The Hall–Kier alpha value is -2.08. The molecule has 0 aliphatic heterocycles. The van der Waals surface area contributed by atoms with E-state index in [1.807, 2.05) is 0 Å². The summed E-state index contributed by atoms with van der Waals surface area (Å²) in [5, 5.41) is 0. The van der Waals surface area contributed by atoms with Gasteiger partial charge in [0.15, 0.2) is 0 Å². The molecule has 212 valence electrons. The zero-order valence-corrected chi connectivity index (χ0v) is 26.2. The van der Waals surface area contributed by atoms with E-state index in [1.54, 1.807) is 44.5 Å². The quantitative estimate of drug-likeness (QED) is 0.192. The fourth-order valence-corrected chi connectivity index (χ4v) is 7.74. The fourth-order valence-electron chi connectivity index (χ4n) is 7.74. The van der Waals surface area contributed by atoms with Gasteiger partial charge < -0.3 is 0 Å². The molecule has 0 fully saturated rings. The average molecular weight is 525 g/mol. The largest absolute Gasteiger partial charge is 0.0654 e. The minimum Gasteiger partial charge on any atom is -0.0654 e. The van der Waals surface area contributed by atoms with E-state index in [4.69, 9.17) is 0 Å². The van der Waals surface area contributed by atoms with Gasteiger partial charge in [0.25, 0.3) is 0 Å². The third kappa shape index (κ3) is 6.47. The van der Waals surface area contributed by atoms with Gasteiger partial charge in [-0.15, -0.1) is 0 Å². The van der Waals surface area contributed by atoms with Crippen LogP contribution in [0, 0.1) is 5.41 Å². The second-order valence-corrected chi connectivity index (χ2v) is 13.1. The number of benzene rings is 2. The first-order chi connectivity index (χ1) is 19.0. The molecule has 2 unspecified atom stereocenters. The van der Waals surface area contributed by atoms with Crippen LogP contribution in [0.1, 0.15) is 164 Å². The van der Waals surface area contributed by atoms with Crippen LogP contribution < -0.4 is 0 Å². The average Bonchev–Trinajstić information content (AvgIpc) is 3.50. The molecule has 0 bridgehead atoms. The number of aryl methyl sites for hydroxylation is 2. The van der Waals surface area contributed by atoms with Crippen LogP contribution in [-0.2, 0) is 12.8 Å². The minimum absolute atomic E-state index is 0.124. The van der Waals surface area contributed by atoms with Crippen molar-refractivity contribution in [2.75, 3.05) is 0 Å². The Bertz CT molecular complexity index is 1050. The molecule has 2 atom stereocenters. The number of rotatable bonds is 16. The monoisotopic (exact) mass is 524 g/mol. The van der Waals surface area contributed by atoms with Crippen molar-refractivity contribution >= 4 is 12.2 Å². The summed E-state index contributed by atoms with van der Waals surface area (Å²) in [6.07, 6.45) is 23.2. The molecule has 0 N–H and O–H groups in total. The summed E-state index contributed by atoms with van der Waals surface area (Å²) in [7, 11) is 0. The van der Waals surface area contributed by atoms with Crippen LogP contribution in [0.2, 0.25) is 0 Å². The van der Waals surface area contributed by atoms with E-state index in [1.165, 1.54) is 89.9 Å². The summed E-state index contributed by atoms with van der Waals surface area (Å²) in [6, 6.07) is 14.5. The van der Waals surface area contributed by atoms with Gasteiger partial charge >= 0.3 is 0 Å². The third-order valence-electron chi connectivity index (χ3n) is 9.71. The lowest BCUT2D eigenvalue weighted by atomic mass is 9.61. The lowest BCUT2D eigenvalue weighted by Gasteiger charge is -2.42. The normalized spacial score (nSPS) is 18.2. The molecule has 2 aromatic rings. The number of hydrogen-bond acceptors (Lipinski definition) is 0. The predicted molar refractivity (Wildman–Crippen MR) is 174 cm³/mol. The van der Waals surface area contributed by atoms with Crippen LogP contribution in [0.4, 0.5) is 0 Å². The molecule has 2 aromatic carbocycles. The first-order valence-corrected chi connectivity index (χ1v) is 16.6. The van der Waals surface area contributed by atoms with Gasteiger partial charge in [-0.3, -0.25) is 0 Å². The van der Waals surface area contributed by atoms with E-state index in [9.17, 15) is 0 Å². The van der Waals surface area contributed by atoms with Gasteiger partial charge in [0.05, 0.1) is 0 Å². The summed E-state index contributed by atoms with van der Waals surface area (Å²) < 4.78 is 0. The second-order valence-electron chi connectivity index (χ2n) is 13.1. The predicted octanol–water partition coefficient (Wildman–Crippen LogP) is 12.2. The molecular weight excluding hydrogens is 468 g/mol. The van der Waals surface area contributed by atoms with Crippen molar-refractivity contribution in [1.82, 2.24) is 0 Å². The van der Waals surface area contributed by atoms with E-state index in [0.29, 0.717) is 11.8 Å². The van der Waals surface area contributed by atoms with Crippen LogP contribution in [0.5, 0.6) is 0 Å². The highest BCUT2D eigenvalue weighted by Crippen LogP contribution is 2.60. The molecule has 0 nitrogen and oxygen atoms in total. The molecule has 0 radical (unpaired) electrons. The van der Waals surface area contributed by atoms with Gasteiger partial charge in [-0.25, -0.2) is 0 Å². The van der Waals surface area contributed by atoms with E-state index >= 15 is 0 Å². The summed E-state index contributed by atoms with van der Waals surface area (Å²) >= 11 is 0. The standard InChI is InChI=1S/C39H56/c1-7-11-15-21-31-27-35-29(19-13-9-3)23-17-25-33(35)37(31)39(5,6)38-32(22-16-12-8-2)28-36-30(20-14-10-4)24-18-26-34(36)38/h17-18,23-28,37-38H,7-16,19-22H2,1-6H3. The molecule has 0 saturated carbocycles. The number of hydrogen-bond donors (Lipinski definition) is 0. The number of allylic oxidation sites excluding steroid dienone is 2. The van der Waals surface area contributed by atoms with Gasteiger partial charge in [-0.2, -0.15) is 0 Å². The van der Waals surface area contributed by atoms with Crippen LogP contribution in [-0.4, -0.2) is 0 Å². The highest BCUT2D eigenvalue weighted by molar-refractivity contribution is 5.73. The van der Waals surface area contributed by atoms with Crippen molar-refractivity contribution in [3.05, 3.63) is 80.9 Å². The topological polar surface area (TPSA) is 0 Å². The highest BCUT2D eigenvalue weighted by Gasteiger charge is 2.46. The Kier molecular flexibility index (Phi) is 10.7. The second kappa shape index (κ2) is 14.0. The highest BCUT2D eigenvalue weighted by atomic mass is 14.5. The van der Waals surface area contributed by atoms with E-state index in [2.05, 4.69) is 90.1 Å². The molecule has 0 spiro atoms. The van der Waals surface area contributed by atoms with Gasteiger partial charge in [0, 0.05) is 11.8 Å². The molecular formula is C39H56. The van der Waals surface area contributed by atoms with Crippen LogP contribution in [0.3, 0.4) is 0 Å². The van der Waals surface area contributed by atoms with Crippen LogP contribution >= 0.6 is 0 Å². The van der Waals surface area contributed by atoms with E-state index in [0.717, 1.165) is 0 Å². The third-order valence-corrected chi connectivity index (χ3v) is 9.71. The van der Waals surface area contributed by atoms with Crippen molar-refractivity contribution in [2.45, 2.75) is 143 Å². The van der Waals surface area contributed by atoms with Crippen molar-refractivity contribution < 1.29 is 0 Å². The summed E-state index contributed by atoms with van der Waals surface area (Å²) in [5.41, 5.74) is 13.1. The summed E-state index contributed by atoms with van der Waals surface area (Å²) in [5.74, 6) is 0.992. The van der Waals surface area contributed by atoms with Gasteiger partial charge in [0.2, 0.25) is 0 Å². The molecule has 0 aromatic heterocycles. The number of fused-ring (bicyclic) bond motifs is 2. The molecule has 2 aliphatic carbocycles. The van der Waals surface area contributed by atoms with E-state index in [-0.39, 0.29) is 5.41 Å². The summed E-state index contributed by atoms with van der Waals surface area (Å²) in [4.78, 5) is 0. The molecule has 4 rings (SSSR count). The Morgan fingerprint density at radius 3 is 1.31 bits per heavy atom. The van der Waals surface area contributed by atoms with Crippen molar-refractivity contribution in [3.63, 3.8) is 0 Å². The molecule has 0 heterocycles. The molecule has 0 saturated heterocycles. The Balaban J connectivity index is 1.78. The van der Waals surface area contributed by atoms with Crippen LogP contribution in [0.15, 0.2) is 47.5 Å². The zero-order valence-electron chi connectivity index (χ0n) is 26.2. The Labute approximate surface area is 241 Å². The van der Waals surface area contributed by atoms with Gasteiger partial charge in [-0.1, -0.05) is 140 Å². The Morgan fingerprint density at radius 1 is 0.513 bits per heavy atom. The smallest absolute Gasteiger partial charge is 0.0118 e. The lowest BCUT2D eigenvalue weighted by Crippen LogP contribution is -2.31. The summed E-state index contributed by atoms with van der Waals surface area (Å²) in [6.45, 7) is 14.5. The lowest BCUT2D eigenvalue weighted by molar-refractivity contribution is 0.267. The zero-order chi connectivity index (χ0) is 27.8. The van der Waals surface area contributed by atoms with Gasteiger partial charge in [0.1, 0.15) is 0 Å². The van der Waals surface area contributed by atoms with Crippen molar-refractivity contribution in [2.24, 2.45) is 5.41 Å². The first kappa shape index (κ1) is 29.9.